The van der Waals surface area contributed by atoms with Gasteiger partial charge in [0.2, 0.25) is 5.95 Å². The molecule has 0 unspecified atom stereocenters. The number of nitrogen functional groups attached to an aromatic ring is 1. The molecule has 9 nitrogen and oxygen atoms in total. The van der Waals surface area contributed by atoms with Gasteiger partial charge in [0, 0.05) is 30.4 Å². The number of aliphatic imine (C=N–C) groups is 1. The van der Waals surface area contributed by atoms with Crippen LogP contribution in [0.2, 0.25) is 0 Å². The number of hydrogen-bond donors (Lipinski definition) is 3. The molecule has 0 saturated heterocycles. The van der Waals surface area contributed by atoms with Gasteiger partial charge in [-0.2, -0.15) is 4.99 Å². The molecule has 0 aliphatic heterocycles. The zero-order valence-electron chi connectivity index (χ0n) is 15.5. The summed E-state index contributed by atoms with van der Waals surface area (Å²) in [4.78, 5) is 43.2. The number of hydrogen-bond acceptors (Lipinski definition) is 6. The van der Waals surface area contributed by atoms with Crippen LogP contribution in [0.15, 0.2) is 58.8 Å². The van der Waals surface area contributed by atoms with Crippen LogP contribution in [0.1, 0.15) is 35.2 Å². The van der Waals surface area contributed by atoms with E-state index in [1.54, 1.807) is 24.7 Å². The highest BCUT2D eigenvalue weighted by Crippen LogP contribution is 2.44. The highest BCUT2D eigenvalue weighted by atomic mass is 16.2. The van der Waals surface area contributed by atoms with Gasteiger partial charge in [-0.3, -0.25) is 14.6 Å². The molecular formula is C20H19N7O2. The number of nitrogens with two attached hydrogens (primary N) is 2. The van der Waals surface area contributed by atoms with Gasteiger partial charge in [0.15, 0.2) is 0 Å². The zero-order chi connectivity index (χ0) is 20.4. The average Bonchev–Trinajstić information content (AvgIpc) is 2.68. The highest BCUT2D eigenvalue weighted by Gasteiger charge is 2.43. The summed E-state index contributed by atoms with van der Waals surface area (Å²) in [5, 5.41) is 0. The van der Waals surface area contributed by atoms with Gasteiger partial charge in [0.1, 0.15) is 11.4 Å². The van der Waals surface area contributed by atoms with Crippen LogP contribution in [0.5, 0.6) is 0 Å². The first kappa shape index (κ1) is 18.5. The number of H-pyrrole nitrogens is 1. The molecule has 1 amide bonds. The summed E-state index contributed by atoms with van der Waals surface area (Å²) in [6, 6.07) is 6.76. The summed E-state index contributed by atoms with van der Waals surface area (Å²) >= 11 is 0. The van der Waals surface area contributed by atoms with Crippen molar-refractivity contribution in [2.75, 3.05) is 5.73 Å². The molecule has 0 bridgehead atoms. The van der Waals surface area contributed by atoms with Gasteiger partial charge in [-0.1, -0.05) is 12.5 Å². The molecule has 1 saturated carbocycles. The number of aromatic amines is 1. The number of carbonyl (C=O) groups is 1. The van der Waals surface area contributed by atoms with Crippen molar-refractivity contribution in [3.8, 4) is 11.3 Å². The summed E-state index contributed by atoms with van der Waals surface area (Å²) in [5.74, 6) is -0.258. The van der Waals surface area contributed by atoms with Crippen molar-refractivity contribution in [1.82, 2.24) is 19.9 Å². The van der Waals surface area contributed by atoms with Crippen LogP contribution < -0.4 is 17.0 Å². The summed E-state index contributed by atoms with van der Waals surface area (Å²) in [5.41, 5.74) is 13.0. The lowest BCUT2D eigenvalue weighted by Crippen LogP contribution is -2.47. The second-order valence-corrected chi connectivity index (χ2v) is 6.91. The third-order valence-corrected chi connectivity index (χ3v) is 5.25. The minimum absolute atomic E-state index is 0.0400. The van der Waals surface area contributed by atoms with E-state index in [4.69, 9.17) is 11.5 Å². The molecule has 29 heavy (non-hydrogen) atoms. The summed E-state index contributed by atoms with van der Waals surface area (Å²) < 4.78 is 0. The Bertz CT molecular complexity index is 1130. The minimum Gasteiger partial charge on any atom is -0.386 e. The van der Waals surface area contributed by atoms with Crippen molar-refractivity contribution in [2.24, 2.45) is 10.7 Å². The van der Waals surface area contributed by atoms with Gasteiger partial charge >= 0.3 is 0 Å². The molecule has 1 aliphatic rings. The van der Waals surface area contributed by atoms with Crippen LogP contribution in [0.3, 0.4) is 0 Å². The van der Waals surface area contributed by atoms with Crippen molar-refractivity contribution in [2.45, 2.75) is 24.7 Å². The Morgan fingerprint density at radius 3 is 2.45 bits per heavy atom. The van der Waals surface area contributed by atoms with E-state index < -0.39 is 16.9 Å². The van der Waals surface area contributed by atoms with E-state index in [9.17, 15) is 9.59 Å². The van der Waals surface area contributed by atoms with Gasteiger partial charge in [-0.15, -0.1) is 0 Å². The molecule has 3 aromatic heterocycles. The lowest BCUT2D eigenvalue weighted by Gasteiger charge is -2.41. The number of anilines is 1. The van der Waals surface area contributed by atoms with Gasteiger partial charge in [-0.25, -0.2) is 9.97 Å². The van der Waals surface area contributed by atoms with E-state index in [1.165, 1.54) is 12.3 Å². The largest absolute Gasteiger partial charge is 0.386 e. The predicted octanol–water partition coefficient (Wildman–Crippen LogP) is 1.43. The summed E-state index contributed by atoms with van der Waals surface area (Å²) in [6.07, 6.45) is 8.88. The average molecular weight is 389 g/mol. The molecule has 0 atom stereocenters. The molecule has 3 heterocycles. The van der Waals surface area contributed by atoms with E-state index in [-0.39, 0.29) is 17.3 Å². The molecular weight excluding hydrogens is 370 g/mol. The van der Waals surface area contributed by atoms with E-state index in [0.29, 0.717) is 5.69 Å². The molecule has 146 valence electrons. The number of aromatic nitrogens is 4. The third-order valence-electron chi connectivity index (χ3n) is 5.25. The first-order valence-corrected chi connectivity index (χ1v) is 9.11. The topological polar surface area (TPSA) is 153 Å². The molecule has 1 fully saturated rings. The maximum absolute atomic E-state index is 12.4. The predicted molar refractivity (Wildman–Crippen MR) is 108 cm³/mol. The molecule has 1 aliphatic carbocycles. The monoisotopic (exact) mass is 389 g/mol. The molecule has 4 rings (SSSR count). The maximum Gasteiger partial charge on any atom is 0.284 e. The Balaban J connectivity index is 1.63. The van der Waals surface area contributed by atoms with Crippen LogP contribution in [0, 0.1) is 0 Å². The maximum atomic E-state index is 12.4. The van der Waals surface area contributed by atoms with E-state index >= 15 is 0 Å². The lowest BCUT2D eigenvalue weighted by atomic mass is 9.64. The first-order valence-electron chi connectivity index (χ1n) is 9.11. The molecule has 0 aromatic carbocycles. The molecule has 3 aromatic rings. The van der Waals surface area contributed by atoms with Gasteiger partial charge in [0.05, 0.1) is 11.1 Å². The fourth-order valence-electron chi connectivity index (χ4n) is 3.41. The molecule has 0 radical (unpaired) electrons. The fourth-order valence-corrected chi connectivity index (χ4v) is 3.41. The SMILES string of the molecule is NC(=NC(=O)c1ccc[nH]c1=O)C1(c2ccc(-c3cnc(N)nc3)nc2)CCC1. The Kier molecular flexibility index (Phi) is 4.63. The second-order valence-electron chi connectivity index (χ2n) is 6.91. The van der Waals surface area contributed by atoms with Crippen LogP contribution in [0.4, 0.5) is 5.95 Å². The number of amidine groups is 1. The first-order chi connectivity index (χ1) is 14.0. The Labute approximate surface area is 166 Å². The number of pyridine rings is 2. The quantitative estimate of drug-likeness (QED) is 0.450. The normalized spacial score (nSPS) is 15.5. The van der Waals surface area contributed by atoms with Crippen LogP contribution in [-0.2, 0) is 5.41 Å². The Morgan fingerprint density at radius 1 is 1.10 bits per heavy atom. The summed E-state index contributed by atoms with van der Waals surface area (Å²) in [7, 11) is 0. The summed E-state index contributed by atoms with van der Waals surface area (Å²) in [6.45, 7) is 0. The van der Waals surface area contributed by atoms with E-state index in [1.807, 2.05) is 12.1 Å². The molecule has 5 N–H and O–H groups in total. The minimum atomic E-state index is -0.653. The van der Waals surface area contributed by atoms with Crippen LogP contribution >= 0.6 is 0 Å². The second kappa shape index (κ2) is 7.27. The fraction of sp³-hybridized carbons (Fsp3) is 0.200. The van der Waals surface area contributed by atoms with Crippen molar-refractivity contribution in [1.29, 1.82) is 0 Å². The van der Waals surface area contributed by atoms with Crippen molar-refractivity contribution < 1.29 is 4.79 Å². The lowest BCUT2D eigenvalue weighted by molar-refractivity contribution is 0.0999. The van der Waals surface area contributed by atoms with Crippen molar-refractivity contribution >= 4 is 17.7 Å². The Morgan fingerprint density at radius 2 is 1.86 bits per heavy atom. The van der Waals surface area contributed by atoms with Crippen molar-refractivity contribution in [3.05, 3.63) is 70.5 Å². The van der Waals surface area contributed by atoms with E-state index in [0.717, 1.165) is 30.4 Å². The standard InChI is InChI=1S/C20H19N7O2/c21-18(27-17(29)14-3-1-8-23-16(14)28)20(6-2-7-20)13-4-5-15(24-11-13)12-9-25-19(22)26-10-12/h1,3-5,8-11H,2,6-7H2,(H,23,28)(H2,21,27,29)(H2,22,25,26). The number of carbonyl (C=O) groups excluding carboxylic acids is 1. The van der Waals surface area contributed by atoms with Crippen LogP contribution in [0.25, 0.3) is 11.3 Å². The number of amides is 1. The Hall–Kier alpha value is -3.88. The number of rotatable bonds is 4. The van der Waals surface area contributed by atoms with Gasteiger partial charge in [-0.05, 0) is 36.6 Å². The number of nitrogens with one attached hydrogen (secondary N) is 1. The van der Waals surface area contributed by atoms with E-state index in [2.05, 4.69) is 24.9 Å². The number of nitrogens with zero attached hydrogens (tertiary/aromatic N) is 4. The highest BCUT2D eigenvalue weighted by molar-refractivity contribution is 6.06. The third kappa shape index (κ3) is 3.38. The van der Waals surface area contributed by atoms with Gasteiger partial charge < -0.3 is 16.5 Å². The smallest absolute Gasteiger partial charge is 0.284 e. The molecule has 9 heteroatoms. The van der Waals surface area contributed by atoms with Crippen LogP contribution in [-0.4, -0.2) is 31.7 Å². The van der Waals surface area contributed by atoms with Crippen molar-refractivity contribution in [3.63, 3.8) is 0 Å². The zero-order valence-corrected chi connectivity index (χ0v) is 15.5. The van der Waals surface area contributed by atoms with Gasteiger partial charge in [0.25, 0.3) is 11.5 Å². The molecule has 0 spiro atoms.